The van der Waals surface area contributed by atoms with Gasteiger partial charge in [0.25, 0.3) is 0 Å². The molecule has 1 atom stereocenters. The van der Waals surface area contributed by atoms with Crippen LogP contribution in [0.4, 0.5) is 0 Å². The number of carbonyl (C=O) groups is 1. The van der Waals surface area contributed by atoms with Gasteiger partial charge >= 0.3 is 0 Å². The minimum atomic E-state index is -0.576. The number of nitrogens with two attached hydrogens (primary N) is 1. The molecule has 6 heteroatoms. The van der Waals surface area contributed by atoms with E-state index in [1.165, 1.54) is 11.3 Å². The topological polar surface area (TPSA) is 88.2 Å². The third-order valence-electron chi connectivity index (χ3n) is 2.44. The van der Waals surface area contributed by atoms with Crippen molar-refractivity contribution in [2.45, 2.75) is 38.3 Å². The molecule has 96 valence electrons. The molecule has 0 radical (unpaired) electrons. The lowest BCUT2D eigenvalue weighted by molar-refractivity contribution is -0.124. The first kappa shape index (κ1) is 14.1. The minimum Gasteiger partial charge on any atom is -0.396 e. The number of aliphatic hydroxyl groups is 1. The predicted octanol–water partition coefficient (Wildman–Crippen LogP) is 0.290. The number of aliphatic hydroxyl groups excluding tert-OH is 1. The Bertz CT molecular complexity index is 352. The maximum Gasteiger partial charge on any atom is 0.237 e. The fraction of sp³-hybridized carbons (Fsp3) is 0.636. The average molecular weight is 257 g/mol. The fourth-order valence-corrected chi connectivity index (χ4v) is 2.08. The molecule has 0 saturated carbocycles. The van der Waals surface area contributed by atoms with Gasteiger partial charge in [-0.15, -0.1) is 11.3 Å². The van der Waals surface area contributed by atoms with Crippen LogP contribution in [0.5, 0.6) is 0 Å². The van der Waals surface area contributed by atoms with Crippen LogP contribution < -0.4 is 11.1 Å². The molecule has 0 saturated heterocycles. The first-order valence-electron chi connectivity index (χ1n) is 5.50. The Labute approximate surface area is 105 Å². The number of carbonyl (C=O) groups excluding carboxylic acids is 1. The quantitative estimate of drug-likeness (QED) is 0.683. The molecule has 0 aliphatic rings. The van der Waals surface area contributed by atoms with Gasteiger partial charge in [0.1, 0.15) is 0 Å². The van der Waals surface area contributed by atoms with Gasteiger partial charge in [-0.25, -0.2) is 0 Å². The van der Waals surface area contributed by atoms with Crippen molar-refractivity contribution in [1.82, 2.24) is 10.3 Å². The van der Waals surface area contributed by atoms with Crippen molar-refractivity contribution in [3.8, 4) is 0 Å². The zero-order valence-corrected chi connectivity index (χ0v) is 11.0. The van der Waals surface area contributed by atoms with E-state index in [9.17, 15) is 4.79 Å². The lowest BCUT2D eigenvalue weighted by Gasteiger charge is -2.27. The van der Waals surface area contributed by atoms with Crippen molar-refractivity contribution in [1.29, 1.82) is 0 Å². The van der Waals surface area contributed by atoms with Gasteiger partial charge in [-0.3, -0.25) is 9.78 Å². The van der Waals surface area contributed by atoms with Gasteiger partial charge in [-0.05, 0) is 20.3 Å². The van der Waals surface area contributed by atoms with Crippen molar-refractivity contribution in [3.05, 3.63) is 16.6 Å². The summed E-state index contributed by atoms with van der Waals surface area (Å²) in [5, 5.41) is 11.7. The lowest BCUT2D eigenvalue weighted by Crippen LogP contribution is -2.51. The smallest absolute Gasteiger partial charge is 0.237 e. The van der Waals surface area contributed by atoms with Crippen molar-refractivity contribution >= 4 is 17.2 Å². The highest BCUT2D eigenvalue weighted by molar-refractivity contribution is 7.09. The van der Waals surface area contributed by atoms with E-state index in [0.29, 0.717) is 12.8 Å². The Morgan fingerprint density at radius 3 is 2.94 bits per heavy atom. The molecule has 0 fully saturated rings. The van der Waals surface area contributed by atoms with Crippen molar-refractivity contribution in [2.75, 3.05) is 6.61 Å². The third kappa shape index (κ3) is 4.80. The summed E-state index contributed by atoms with van der Waals surface area (Å²) in [4.78, 5) is 16.8. The Kier molecular flexibility index (Phi) is 5.04. The molecule has 1 heterocycles. The van der Waals surface area contributed by atoms with Gasteiger partial charge < -0.3 is 16.2 Å². The second kappa shape index (κ2) is 6.09. The Hall–Kier alpha value is -0.980. The maximum atomic E-state index is 11.8. The Morgan fingerprint density at radius 2 is 2.41 bits per heavy atom. The molecule has 0 aromatic carbocycles. The molecule has 17 heavy (non-hydrogen) atoms. The molecule has 4 N–H and O–H groups in total. The van der Waals surface area contributed by atoms with Crippen LogP contribution in [-0.2, 0) is 11.2 Å². The van der Waals surface area contributed by atoms with Crippen LogP contribution in [0.1, 0.15) is 25.1 Å². The van der Waals surface area contributed by atoms with E-state index in [-0.39, 0.29) is 12.5 Å². The molecule has 1 rings (SSSR count). The number of hydrogen-bond acceptors (Lipinski definition) is 5. The van der Waals surface area contributed by atoms with Crippen LogP contribution in [-0.4, -0.2) is 34.2 Å². The highest BCUT2D eigenvalue weighted by atomic mass is 32.1. The van der Waals surface area contributed by atoms with E-state index in [1.54, 1.807) is 11.7 Å². The van der Waals surface area contributed by atoms with Crippen molar-refractivity contribution in [2.24, 2.45) is 5.73 Å². The summed E-state index contributed by atoms with van der Waals surface area (Å²) < 4.78 is 0. The fourth-order valence-electron chi connectivity index (χ4n) is 1.42. The van der Waals surface area contributed by atoms with Gasteiger partial charge in [-0.1, -0.05) is 0 Å². The standard InChI is InChI=1S/C11H19N3O2S/c1-11(2,3-4-15)14-10(16)9(12)5-8-6-13-7-17-8/h6-7,9,15H,3-5,12H2,1-2H3,(H,14,16). The first-order chi connectivity index (χ1) is 7.94. The average Bonchev–Trinajstić information content (AvgIpc) is 2.69. The van der Waals surface area contributed by atoms with E-state index in [4.69, 9.17) is 10.8 Å². The van der Waals surface area contributed by atoms with Crippen molar-refractivity contribution in [3.63, 3.8) is 0 Å². The summed E-state index contributed by atoms with van der Waals surface area (Å²) >= 11 is 1.49. The van der Waals surface area contributed by atoms with Gasteiger partial charge in [0.15, 0.2) is 0 Å². The first-order valence-corrected chi connectivity index (χ1v) is 6.38. The summed E-state index contributed by atoms with van der Waals surface area (Å²) in [6, 6.07) is -0.576. The molecule has 0 bridgehead atoms. The molecule has 0 spiro atoms. The summed E-state index contributed by atoms with van der Waals surface area (Å²) in [7, 11) is 0. The third-order valence-corrected chi connectivity index (χ3v) is 3.24. The largest absolute Gasteiger partial charge is 0.396 e. The van der Waals surface area contributed by atoms with E-state index in [1.807, 2.05) is 13.8 Å². The second-order valence-corrected chi connectivity index (χ2v) is 5.60. The number of hydrogen-bond donors (Lipinski definition) is 3. The number of thiazole rings is 1. The summed E-state index contributed by atoms with van der Waals surface area (Å²) in [5.41, 5.74) is 7.10. The van der Waals surface area contributed by atoms with Gasteiger partial charge in [0.05, 0.1) is 11.6 Å². The molecular formula is C11H19N3O2S. The molecule has 1 aromatic rings. The number of aromatic nitrogens is 1. The van der Waals surface area contributed by atoms with Gasteiger partial charge in [0.2, 0.25) is 5.91 Å². The molecule has 1 unspecified atom stereocenters. The van der Waals surface area contributed by atoms with Crippen LogP contribution in [0.3, 0.4) is 0 Å². The van der Waals surface area contributed by atoms with Gasteiger partial charge in [0, 0.05) is 29.6 Å². The summed E-state index contributed by atoms with van der Waals surface area (Å²) in [6.07, 6.45) is 2.72. The Balaban J connectivity index is 2.47. The molecule has 5 nitrogen and oxygen atoms in total. The van der Waals surface area contributed by atoms with Crippen LogP contribution >= 0.6 is 11.3 Å². The number of nitrogens with zero attached hydrogens (tertiary/aromatic N) is 1. The van der Waals surface area contributed by atoms with Gasteiger partial charge in [-0.2, -0.15) is 0 Å². The van der Waals surface area contributed by atoms with Crippen LogP contribution in [0.25, 0.3) is 0 Å². The van der Waals surface area contributed by atoms with Crippen LogP contribution in [0, 0.1) is 0 Å². The summed E-state index contributed by atoms with van der Waals surface area (Å²) in [6.45, 7) is 3.76. The molecule has 1 amide bonds. The molecule has 0 aliphatic heterocycles. The highest BCUT2D eigenvalue weighted by Gasteiger charge is 2.23. The summed E-state index contributed by atoms with van der Waals surface area (Å²) in [5.74, 6) is -0.197. The van der Waals surface area contributed by atoms with Crippen LogP contribution in [0.2, 0.25) is 0 Å². The second-order valence-electron chi connectivity index (χ2n) is 4.63. The molecular weight excluding hydrogens is 238 g/mol. The maximum absolute atomic E-state index is 11.8. The van der Waals surface area contributed by atoms with E-state index >= 15 is 0 Å². The van der Waals surface area contributed by atoms with Crippen molar-refractivity contribution < 1.29 is 9.90 Å². The predicted molar refractivity (Wildman–Crippen MR) is 67.7 cm³/mol. The lowest BCUT2D eigenvalue weighted by atomic mass is 10.0. The monoisotopic (exact) mass is 257 g/mol. The molecule has 0 aliphatic carbocycles. The van der Waals surface area contributed by atoms with Crippen LogP contribution in [0.15, 0.2) is 11.7 Å². The normalized spacial score (nSPS) is 13.4. The van der Waals surface area contributed by atoms with E-state index in [0.717, 1.165) is 4.88 Å². The molecule has 1 aromatic heterocycles. The zero-order valence-electron chi connectivity index (χ0n) is 10.1. The zero-order chi connectivity index (χ0) is 12.9. The SMILES string of the molecule is CC(C)(CCO)NC(=O)C(N)Cc1cncs1. The number of rotatable bonds is 6. The van der Waals surface area contributed by atoms with E-state index in [2.05, 4.69) is 10.3 Å². The Morgan fingerprint density at radius 1 is 1.71 bits per heavy atom. The minimum absolute atomic E-state index is 0.0391. The highest BCUT2D eigenvalue weighted by Crippen LogP contribution is 2.10. The van der Waals surface area contributed by atoms with E-state index < -0.39 is 11.6 Å². The number of amides is 1. The number of nitrogens with one attached hydrogen (secondary N) is 1.